The van der Waals surface area contributed by atoms with Crippen LogP contribution in [0.25, 0.3) is 0 Å². The fraction of sp³-hybridized carbons (Fsp3) is 0.520. The fourth-order valence-corrected chi connectivity index (χ4v) is 6.98. The van der Waals surface area contributed by atoms with E-state index in [0.717, 1.165) is 30.5 Å². The summed E-state index contributed by atoms with van der Waals surface area (Å²) in [7, 11) is -3.87. The van der Waals surface area contributed by atoms with E-state index >= 15 is 0 Å². The molecule has 3 heterocycles. The molecule has 0 aliphatic carbocycles. The van der Waals surface area contributed by atoms with Gasteiger partial charge in [0.1, 0.15) is 4.90 Å². The third-order valence-corrected chi connectivity index (χ3v) is 9.07. The van der Waals surface area contributed by atoms with Gasteiger partial charge < -0.3 is 15.2 Å². The van der Waals surface area contributed by atoms with Crippen LogP contribution < -0.4 is 5.32 Å². The molecule has 2 saturated heterocycles. The number of H-pyrrole nitrogens is 1. The summed E-state index contributed by atoms with van der Waals surface area (Å²) < 4.78 is 28.7. The smallest absolute Gasteiger partial charge is 0.257 e. The Morgan fingerprint density at radius 1 is 1.03 bits per heavy atom. The summed E-state index contributed by atoms with van der Waals surface area (Å²) >= 11 is 0. The molecule has 1 aromatic carbocycles. The van der Waals surface area contributed by atoms with Crippen molar-refractivity contribution in [2.75, 3.05) is 31.5 Å². The number of aromatic amines is 1. The lowest BCUT2D eigenvalue weighted by molar-refractivity contribution is -0.120. The molecule has 0 spiro atoms. The fourth-order valence-electron chi connectivity index (χ4n) is 5.09. The van der Waals surface area contributed by atoms with Crippen molar-refractivity contribution >= 4 is 27.5 Å². The molecule has 34 heavy (non-hydrogen) atoms. The number of likely N-dealkylation sites (tertiary alicyclic amines) is 1. The van der Waals surface area contributed by atoms with Crippen molar-refractivity contribution in [3.8, 4) is 0 Å². The Bertz CT molecular complexity index is 1170. The standard InChI is InChI=1S/C25H34N4O4S/c1-4-19-9-5-6-10-21(19)27-24(30)20-11-15-29(16-12-20)34(32,33)23-18(3)26-17(2)22(23)25(31)28-13-7-8-14-28/h5-6,9-10,20,26H,4,7-8,11-16H2,1-3H3,(H,27,30). The van der Waals surface area contributed by atoms with Gasteiger partial charge in [-0.1, -0.05) is 25.1 Å². The number of sulfonamides is 1. The number of benzene rings is 1. The molecular formula is C25H34N4O4S. The first-order valence-electron chi connectivity index (χ1n) is 12.1. The van der Waals surface area contributed by atoms with Crippen molar-refractivity contribution < 1.29 is 18.0 Å². The Balaban J connectivity index is 1.48. The summed E-state index contributed by atoms with van der Waals surface area (Å²) in [6.45, 7) is 7.30. The van der Waals surface area contributed by atoms with Crippen molar-refractivity contribution in [1.82, 2.24) is 14.2 Å². The van der Waals surface area contributed by atoms with E-state index < -0.39 is 10.0 Å². The van der Waals surface area contributed by atoms with Crippen LogP contribution >= 0.6 is 0 Å². The van der Waals surface area contributed by atoms with Crippen LogP contribution in [0.4, 0.5) is 5.69 Å². The van der Waals surface area contributed by atoms with Crippen LogP contribution in [0.3, 0.4) is 0 Å². The summed E-state index contributed by atoms with van der Waals surface area (Å²) in [6, 6.07) is 7.73. The summed E-state index contributed by atoms with van der Waals surface area (Å²) in [5.74, 6) is -0.547. The first kappa shape index (κ1) is 24.5. The van der Waals surface area contributed by atoms with E-state index in [1.807, 2.05) is 31.2 Å². The molecule has 9 heteroatoms. The van der Waals surface area contributed by atoms with Gasteiger partial charge in [0.2, 0.25) is 15.9 Å². The Morgan fingerprint density at radius 3 is 2.32 bits per heavy atom. The number of piperidine rings is 1. The summed E-state index contributed by atoms with van der Waals surface area (Å²) in [5.41, 5.74) is 3.21. The van der Waals surface area contributed by atoms with E-state index in [4.69, 9.17) is 0 Å². The van der Waals surface area contributed by atoms with Gasteiger partial charge >= 0.3 is 0 Å². The Kier molecular flexibility index (Phi) is 7.14. The molecule has 2 N–H and O–H groups in total. The molecule has 8 nitrogen and oxygen atoms in total. The van der Waals surface area contributed by atoms with Crippen LogP contribution in [-0.4, -0.2) is 60.6 Å². The van der Waals surface area contributed by atoms with Crippen molar-refractivity contribution in [2.45, 2.75) is 57.8 Å². The number of para-hydroxylation sites is 1. The van der Waals surface area contributed by atoms with Crippen molar-refractivity contribution in [2.24, 2.45) is 5.92 Å². The minimum absolute atomic E-state index is 0.0727. The van der Waals surface area contributed by atoms with Gasteiger partial charge in [-0.05, 0) is 57.6 Å². The van der Waals surface area contributed by atoms with Gasteiger partial charge in [-0.3, -0.25) is 9.59 Å². The lowest BCUT2D eigenvalue weighted by Gasteiger charge is -2.31. The molecule has 0 saturated carbocycles. The van der Waals surface area contributed by atoms with E-state index in [1.54, 1.807) is 18.7 Å². The number of nitrogens with zero attached hydrogens (tertiary/aromatic N) is 2. The maximum atomic E-state index is 13.6. The second kappa shape index (κ2) is 9.92. The zero-order chi connectivity index (χ0) is 24.5. The number of carbonyl (C=O) groups is 2. The molecule has 2 aromatic rings. The van der Waals surface area contributed by atoms with E-state index in [1.165, 1.54) is 4.31 Å². The molecule has 2 fully saturated rings. The largest absolute Gasteiger partial charge is 0.361 e. The van der Waals surface area contributed by atoms with Crippen molar-refractivity contribution in [3.63, 3.8) is 0 Å². The second-order valence-corrected chi connectivity index (χ2v) is 11.1. The number of aromatic nitrogens is 1. The summed E-state index contributed by atoms with van der Waals surface area (Å²) in [5, 5.41) is 3.02. The predicted molar refractivity (Wildman–Crippen MR) is 131 cm³/mol. The van der Waals surface area contributed by atoms with Crippen LogP contribution in [0.2, 0.25) is 0 Å². The molecule has 0 atom stereocenters. The molecule has 184 valence electrons. The van der Waals surface area contributed by atoms with Gasteiger partial charge in [0.25, 0.3) is 5.91 Å². The van der Waals surface area contributed by atoms with E-state index in [9.17, 15) is 18.0 Å². The van der Waals surface area contributed by atoms with Crippen LogP contribution in [0.5, 0.6) is 0 Å². The van der Waals surface area contributed by atoms with Gasteiger partial charge in [0.05, 0.1) is 5.56 Å². The highest BCUT2D eigenvalue weighted by molar-refractivity contribution is 7.89. The topological polar surface area (TPSA) is 103 Å². The zero-order valence-electron chi connectivity index (χ0n) is 20.2. The van der Waals surface area contributed by atoms with E-state index in [0.29, 0.717) is 37.3 Å². The molecule has 2 amide bonds. The van der Waals surface area contributed by atoms with Crippen LogP contribution in [0.1, 0.15) is 59.9 Å². The first-order chi connectivity index (χ1) is 16.2. The third kappa shape index (κ3) is 4.63. The Hall–Kier alpha value is -2.65. The van der Waals surface area contributed by atoms with E-state index in [2.05, 4.69) is 10.3 Å². The average Bonchev–Trinajstić information content (AvgIpc) is 3.47. The van der Waals surface area contributed by atoms with Crippen molar-refractivity contribution in [1.29, 1.82) is 0 Å². The van der Waals surface area contributed by atoms with Gasteiger partial charge in [-0.15, -0.1) is 0 Å². The second-order valence-electron chi connectivity index (χ2n) is 9.26. The number of aryl methyl sites for hydroxylation is 3. The van der Waals surface area contributed by atoms with Gasteiger partial charge in [0.15, 0.2) is 0 Å². The zero-order valence-corrected chi connectivity index (χ0v) is 21.0. The minimum atomic E-state index is -3.87. The average molecular weight is 487 g/mol. The van der Waals surface area contributed by atoms with Crippen LogP contribution in [-0.2, 0) is 21.2 Å². The normalized spacial score (nSPS) is 17.8. The predicted octanol–water partition coefficient (Wildman–Crippen LogP) is 3.47. The van der Waals surface area contributed by atoms with Gasteiger partial charge in [0, 0.05) is 49.2 Å². The molecule has 4 rings (SSSR count). The summed E-state index contributed by atoms with van der Waals surface area (Å²) in [4.78, 5) is 30.9. The number of rotatable bonds is 6. The molecule has 2 aliphatic heterocycles. The maximum absolute atomic E-state index is 13.6. The molecular weight excluding hydrogens is 452 g/mol. The molecule has 0 bridgehead atoms. The number of nitrogens with one attached hydrogen (secondary N) is 2. The number of anilines is 1. The highest BCUT2D eigenvalue weighted by Crippen LogP contribution is 2.32. The lowest BCUT2D eigenvalue weighted by Crippen LogP contribution is -2.42. The number of carbonyl (C=O) groups excluding carboxylic acids is 2. The highest BCUT2D eigenvalue weighted by Gasteiger charge is 2.38. The molecule has 1 aromatic heterocycles. The number of hydrogen-bond acceptors (Lipinski definition) is 4. The maximum Gasteiger partial charge on any atom is 0.257 e. The van der Waals surface area contributed by atoms with Gasteiger partial charge in [-0.25, -0.2) is 8.42 Å². The lowest BCUT2D eigenvalue weighted by atomic mass is 9.97. The molecule has 2 aliphatic rings. The molecule has 0 radical (unpaired) electrons. The van der Waals surface area contributed by atoms with Crippen LogP contribution in [0.15, 0.2) is 29.2 Å². The van der Waals surface area contributed by atoms with Crippen molar-refractivity contribution in [3.05, 3.63) is 46.8 Å². The third-order valence-electron chi connectivity index (χ3n) is 7.00. The minimum Gasteiger partial charge on any atom is -0.361 e. The Labute approximate surface area is 201 Å². The number of amides is 2. The molecule has 0 unspecified atom stereocenters. The number of hydrogen-bond donors (Lipinski definition) is 2. The first-order valence-corrected chi connectivity index (χ1v) is 13.6. The highest BCUT2D eigenvalue weighted by atomic mass is 32.2. The van der Waals surface area contributed by atoms with Gasteiger partial charge in [-0.2, -0.15) is 4.31 Å². The summed E-state index contributed by atoms with van der Waals surface area (Å²) in [6.07, 6.45) is 3.58. The SMILES string of the molecule is CCc1ccccc1NC(=O)C1CCN(S(=O)(=O)c2c(C)[nH]c(C)c2C(=O)N2CCCC2)CC1. The monoisotopic (exact) mass is 486 g/mol. The quantitative estimate of drug-likeness (QED) is 0.653. The van der Waals surface area contributed by atoms with E-state index in [-0.39, 0.29) is 41.3 Å². The Morgan fingerprint density at radius 2 is 1.68 bits per heavy atom. The van der Waals surface area contributed by atoms with Crippen LogP contribution in [0, 0.1) is 19.8 Å².